The molecule has 2 atom stereocenters. The van der Waals surface area contributed by atoms with Crippen LogP contribution < -0.4 is 9.04 Å². The van der Waals surface area contributed by atoms with E-state index in [0.29, 0.717) is 12.1 Å². The molecule has 1 heterocycles. The van der Waals surface area contributed by atoms with Crippen LogP contribution in [0.4, 0.5) is 27.6 Å². The molecule has 0 bridgehead atoms. The molecule has 0 amide bonds. The lowest BCUT2D eigenvalue weighted by Gasteiger charge is -2.36. The van der Waals surface area contributed by atoms with Crippen molar-refractivity contribution in [2.75, 3.05) is 10.8 Å². The minimum Gasteiger partial charge on any atom is -0.486 e. The largest absolute Gasteiger partial charge is 0.486 e. The first-order chi connectivity index (χ1) is 17.3. The average molecular weight is 541 g/mol. The van der Waals surface area contributed by atoms with Crippen molar-refractivity contribution >= 4 is 21.7 Å². The zero-order valence-corrected chi connectivity index (χ0v) is 20.0. The van der Waals surface area contributed by atoms with Gasteiger partial charge < -0.3 is 9.84 Å². The molecule has 12 heteroatoms. The molecule has 3 aromatic rings. The molecule has 0 spiro atoms. The van der Waals surface area contributed by atoms with Crippen molar-refractivity contribution in [3.8, 4) is 16.9 Å². The van der Waals surface area contributed by atoms with Crippen molar-refractivity contribution in [2.45, 2.75) is 30.5 Å². The third kappa shape index (κ3) is 5.53. The first-order valence-electron chi connectivity index (χ1n) is 11.0. The van der Waals surface area contributed by atoms with Gasteiger partial charge in [0.2, 0.25) is 0 Å². The van der Waals surface area contributed by atoms with E-state index in [1.54, 1.807) is 0 Å². The Morgan fingerprint density at radius 2 is 1.73 bits per heavy atom. The van der Waals surface area contributed by atoms with Crippen molar-refractivity contribution in [3.05, 3.63) is 77.9 Å². The van der Waals surface area contributed by atoms with Gasteiger partial charge in [0.05, 0.1) is 28.6 Å². The summed E-state index contributed by atoms with van der Waals surface area (Å²) in [5.74, 6) is -3.74. The standard InChI is InChI=1S/C25H20F5NO5S/c1-14(24(32)33)7-20-13-31(37(34,35)21-4-2-3-17(11-21)25(28,29)30)22-10-15(5-6-23(22)36-20)16-8-18(26)12-19(27)9-16/h2-6,8-12,14,20H,7,13H2,1H3,(H,32,33)/t14-,20-/m0/s1. The lowest BCUT2D eigenvalue weighted by molar-refractivity contribution is -0.142. The SMILES string of the molecule is C[C@@H](C[C@H]1CN(S(=O)(=O)c2cccc(C(F)(F)F)c2)c2cc(-c3cc(F)cc(F)c3)ccc2O1)C(=O)O. The molecule has 1 aliphatic rings. The third-order valence-electron chi connectivity index (χ3n) is 5.87. The fourth-order valence-electron chi connectivity index (χ4n) is 4.02. The molecule has 37 heavy (non-hydrogen) atoms. The van der Waals surface area contributed by atoms with E-state index in [9.17, 15) is 40.3 Å². The molecular formula is C25H20F5NO5S. The number of rotatable bonds is 6. The van der Waals surface area contributed by atoms with E-state index in [1.165, 1.54) is 25.1 Å². The maximum Gasteiger partial charge on any atom is 0.416 e. The number of hydrogen-bond donors (Lipinski definition) is 1. The molecule has 0 aliphatic carbocycles. The van der Waals surface area contributed by atoms with Crippen LogP contribution in [0.5, 0.6) is 5.75 Å². The van der Waals surface area contributed by atoms with E-state index in [0.717, 1.165) is 34.6 Å². The third-order valence-corrected chi connectivity index (χ3v) is 7.65. The number of carboxylic acid groups (broad SMARTS) is 1. The second kappa shape index (κ2) is 9.66. The first-order valence-corrected chi connectivity index (χ1v) is 12.4. The van der Waals surface area contributed by atoms with Gasteiger partial charge in [-0.2, -0.15) is 13.2 Å². The van der Waals surface area contributed by atoms with Gasteiger partial charge in [-0.05, 0) is 60.0 Å². The number of anilines is 1. The van der Waals surface area contributed by atoms with Crippen molar-refractivity contribution in [2.24, 2.45) is 5.92 Å². The molecular weight excluding hydrogens is 521 g/mol. The number of sulfonamides is 1. The van der Waals surface area contributed by atoms with Crippen LogP contribution in [0.2, 0.25) is 0 Å². The first kappa shape index (κ1) is 26.4. The van der Waals surface area contributed by atoms with Crippen LogP contribution in [-0.2, 0) is 21.0 Å². The summed E-state index contributed by atoms with van der Waals surface area (Å²) in [6, 6.07) is 10.1. The molecule has 0 unspecified atom stereocenters. The summed E-state index contributed by atoms with van der Waals surface area (Å²) in [6.07, 6.45) is -5.81. The van der Waals surface area contributed by atoms with Gasteiger partial charge in [0.15, 0.2) is 0 Å². The maximum absolute atomic E-state index is 13.8. The van der Waals surface area contributed by atoms with Crippen LogP contribution in [0.3, 0.4) is 0 Å². The number of hydrogen-bond acceptors (Lipinski definition) is 4. The number of halogens is 5. The van der Waals surface area contributed by atoms with Gasteiger partial charge in [0.25, 0.3) is 10.0 Å². The number of fused-ring (bicyclic) bond motifs is 1. The number of aliphatic carboxylic acids is 1. The van der Waals surface area contributed by atoms with Crippen LogP contribution >= 0.6 is 0 Å². The molecule has 1 aliphatic heterocycles. The van der Waals surface area contributed by atoms with Crippen molar-refractivity contribution < 1.29 is 45.0 Å². The number of ether oxygens (including phenoxy) is 1. The van der Waals surface area contributed by atoms with Gasteiger partial charge >= 0.3 is 12.1 Å². The number of carbonyl (C=O) groups is 1. The normalized spacial score (nSPS) is 16.6. The maximum atomic E-state index is 13.8. The van der Waals surface area contributed by atoms with Crippen LogP contribution in [0, 0.1) is 17.6 Å². The fraction of sp³-hybridized carbons (Fsp3) is 0.240. The lowest BCUT2D eigenvalue weighted by Crippen LogP contribution is -2.44. The summed E-state index contributed by atoms with van der Waals surface area (Å²) >= 11 is 0. The van der Waals surface area contributed by atoms with Crippen molar-refractivity contribution in [1.29, 1.82) is 0 Å². The van der Waals surface area contributed by atoms with Crippen LogP contribution in [-0.4, -0.2) is 32.1 Å². The van der Waals surface area contributed by atoms with E-state index < -0.39 is 62.8 Å². The predicted molar refractivity (Wildman–Crippen MR) is 124 cm³/mol. The fourth-order valence-corrected chi connectivity index (χ4v) is 5.56. The molecule has 0 saturated carbocycles. The van der Waals surface area contributed by atoms with Crippen molar-refractivity contribution in [3.63, 3.8) is 0 Å². The molecule has 196 valence electrons. The molecule has 4 rings (SSSR count). The Morgan fingerprint density at radius 3 is 2.35 bits per heavy atom. The monoisotopic (exact) mass is 541 g/mol. The predicted octanol–water partition coefficient (Wildman–Crippen LogP) is 5.72. The number of benzene rings is 3. The minimum atomic E-state index is -4.79. The number of alkyl halides is 3. The highest BCUT2D eigenvalue weighted by Gasteiger charge is 2.38. The molecule has 0 radical (unpaired) electrons. The van der Waals surface area contributed by atoms with Crippen LogP contribution in [0.15, 0.2) is 65.6 Å². The highest BCUT2D eigenvalue weighted by molar-refractivity contribution is 7.92. The Balaban J connectivity index is 1.83. The average Bonchev–Trinajstić information content (AvgIpc) is 2.82. The lowest BCUT2D eigenvalue weighted by atomic mass is 10.0. The van der Waals surface area contributed by atoms with Gasteiger partial charge in [-0.3, -0.25) is 9.10 Å². The summed E-state index contributed by atoms with van der Waals surface area (Å²) in [4.78, 5) is 10.7. The smallest absolute Gasteiger partial charge is 0.416 e. The summed E-state index contributed by atoms with van der Waals surface area (Å²) < 4.78 is 101. The van der Waals surface area contributed by atoms with E-state index in [1.807, 2.05) is 0 Å². The summed E-state index contributed by atoms with van der Waals surface area (Å²) in [5.41, 5.74) is -0.915. The highest BCUT2D eigenvalue weighted by Crippen LogP contribution is 2.41. The molecule has 6 nitrogen and oxygen atoms in total. The second-order valence-corrected chi connectivity index (χ2v) is 10.5. The summed E-state index contributed by atoms with van der Waals surface area (Å²) in [7, 11) is -4.60. The Hall–Kier alpha value is -3.67. The molecule has 0 saturated heterocycles. The second-order valence-electron chi connectivity index (χ2n) is 8.62. The Morgan fingerprint density at radius 1 is 1.05 bits per heavy atom. The zero-order valence-electron chi connectivity index (χ0n) is 19.2. The van der Waals surface area contributed by atoms with Crippen LogP contribution in [0.25, 0.3) is 11.1 Å². The summed E-state index contributed by atoms with van der Waals surface area (Å²) in [6.45, 7) is 1.01. The molecule has 0 fully saturated rings. The van der Waals surface area contributed by atoms with Gasteiger partial charge in [0, 0.05) is 6.07 Å². The van der Waals surface area contributed by atoms with Gasteiger partial charge in [-0.25, -0.2) is 17.2 Å². The van der Waals surface area contributed by atoms with E-state index in [4.69, 9.17) is 4.74 Å². The van der Waals surface area contributed by atoms with Gasteiger partial charge in [-0.15, -0.1) is 0 Å². The van der Waals surface area contributed by atoms with E-state index in [2.05, 4.69) is 0 Å². The van der Waals surface area contributed by atoms with E-state index in [-0.39, 0.29) is 29.0 Å². The number of carboxylic acids is 1. The Labute approximate surface area is 209 Å². The zero-order chi connectivity index (χ0) is 27.1. The topological polar surface area (TPSA) is 83.9 Å². The van der Waals surface area contributed by atoms with Crippen LogP contribution in [0.1, 0.15) is 18.9 Å². The van der Waals surface area contributed by atoms with Gasteiger partial charge in [-0.1, -0.05) is 19.1 Å². The molecule has 0 aromatic heterocycles. The Bertz CT molecular complexity index is 1440. The molecule has 3 aromatic carbocycles. The Kier molecular flexibility index (Phi) is 6.89. The highest BCUT2D eigenvalue weighted by atomic mass is 32.2. The quantitative estimate of drug-likeness (QED) is 0.404. The van der Waals surface area contributed by atoms with E-state index >= 15 is 0 Å². The number of nitrogens with zero attached hydrogens (tertiary/aromatic N) is 1. The van der Waals surface area contributed by atoms with Crippen molar-refractivity contribution in [1.82, 2.24) is 0 Å². The minimum absolute atomic E-state index is 0.0185. The van der Waals surface area contributed by atoms with Gasteiger partial charge in [0.1, 0.15) is 23.5 Å². The molecule has 1 N–H and O–H groups in total. The summed E-state index contributed by atoms with van der Waals surface area (Å²) in [5, 5.41) is 9.27.